The molecular formula is C16H25BrN2O2S. The second-order valence-electron chi connectivity index (χ2n) is 5.93. The van der Waals surface area contributed by atoms with Gasteiger partial charge in [0.2, 0.25) is 5.91 Å². The Hall–Kier alpha value is -0.720. The van der Waals surface area contributed by atoms with Gasteiger partial charge in [-0.3, -0.25) is 9.00 Å². The van der Waals surface area contributed by atoms with E-state index in [9.17, 15) is 9.00 Å². The van der Waals surface area contributed by atoms with Gasteiger partial charge >= 0.3 is 0 Å². The van der Waals surface area contributed by atoms with Crippen LogP contribution < -0.4 is 11.1 Å². The lowest BCUT2D eigenvalue weighted by Gasteiger charge is -2.33. The number of rotatable bonds is 8. The van der Waals surface area contributed by atoms with Crippen LogP contribution >= 0.6 is 15.9 Å². The molecule has 1 aromatic rings. The highest BCUT2D eigenvalue weighted by atomic mass is 79.9. The predicted molar refractivity (Wildman–Crippen MR) is 95.1 cm³/mol. The average molecular weight is 389 g/mol. The van der Waals surface area contributed by atoms with E-state index in [4.69, 9.17) is 5.73 Å². The first kappa shape index (κ1) is 19.3. The van der Waals surface area contributed by atoms with Crippen LogP contribution in [0.25, 0.3) is 0 Å². The van der Waals surface area contributed by atoms with E-state index in [0.29, 0.717) is 25.1 Å². The third kappa shape index (κ3) is 5.82. The molecule has 6 heteroatoms. The lowest BCUT2D eigenvalue weighted by molar-refractivity contribution is -0.123. The summed E-state index contributed by atoms with van der Waals surface area (Å²) in [6.07, 6.45) is 0.956. The highest BCUT2D eigenvalue weighted by Gasteiger charge is 2.28. The quantitative estimate of drug-likeness (QED) is 0.718. The lowest BCUT2D eigenvalue weighted by Crippen LogP contribution is -2.55. The molecule has 1 amide bonds. The largest absolute Gasteiger partial charge is 0.349 e. The van der Waals surface area contributed by atoms with Gasteiger partial charge in [-0.15, -0.1) is 0 Å². The maximum atomic E-state index is 12.1. The highest BCUT2D eigenvalue weighted by Crippen LogP contribution is 2.16. The second kappa shape index (κ2) is 8.79. The first-order valence-corrected chi connectivity index (χ1v) is 9.54. The Morgan fingerprint density at radius 1 is 1.36 bits per heavy atom. The summed E-state index contributed by atoms with van der Waals surface area (Å²) in [5.41, 5.74) is 5.37. The number of carbonyl (C=O) groups is 1. The fourth-order valence-electron chi connectivity index (χ4n) is 1.88. The monoisotopic (exact) mass is 388 g/mol. The maximum Gasteiger partial charge on any atom is 0.220 e. The van der Waals surface area contributed by atoms with Gasteiger partial charge < -0.3 is 11.1 Å². The van der Waals surface area contributed by atoms with Crippen LogP contribution in [0.2, 0.25) is 0 Å². The zero-order valence-electron chi connectivity index (χ0n) is 13.4. The molecule has 124 valence electrons. The Labute approximate surface area is 143 Å². The standard InChI is InChI=1S/C16H25BrN2O2S/c1-12(2)16(3,11-18)19-15(20)5-4-10-22(21)14-8-6-13(17)7-9-14/h6-9,12H,4-5,10-11,18H2,1-3H3,(H,19,20). The van der Waals surface area contributed by atoms with Crippen molar-refractivity contribution in [3.05, 3.63) is 28.7 Å². The van der Waals surface area contributed by atoms with E-state index in [1.165, 1.54) is 0 Å². The molecule has 0 aliphatic carbocycles. The summed E-state index contributed by atoms with van der Waals surface area (Å²) in [4.78, 5) is 12.8. The van der Waals surface area contributed by atoms with Gasteiger partial charge in [-0.2, -0.15) is 0 Å². The normalized spacial score (nSPS) is 15.4. The molecule has 0 heterocycles. The van der Waals surface area contributed by atoms with Crippen LogP contribution in [0.1, 0.15) is 33.6 Å². The molecule has 0 aliphatic heterocycles. The van der Waals surface area contributed by atoms with Gasteiger partial charge in [0.05, 0.1) is 16.3 Å². The van der Waals surface area contributed by atoms with Crippen LogP contribution in [0, 0.1) is 5.92 Å². The molecule has 0 bridgehead atoms. The fraction of sp³-hybridized carbons (Fsp3) is 0.562. The number of benzene rings is 1. The topological polar surface area (TPSA) is 72.2 Å². The van der Waals surface area contributed by atoms with E-state index >= 15 is 0 Å². The van der Waals surface area contributed by atoms with Crippen molar-refractivity contribution in [3.8, 4) is 0 Å². The number of nitrogens with two attached hydrogens (primary N) is 1. The third-order valence-electron chi connectivity index (χ3n) is 3.93. The summed E-state index contributed by atoms with van der Waals surface area (Å²) in [7, 11) is -1.07. The number of hydrogen-bond acceptors (Lipinski definition) is 3. The summed E-state index contributed by atoms with van der Waals surface area (Å²) in [6, 6.07) is 7.42. The number of amides is 1. The smallest absolute Gasteiger partial charge is 0.220 e. The van der Waals surface area contributed by atoms with Gasteiger partial charge in [0.15, 0.2) is 0 Å². The zero-order chi connectivity index (χ0) is 16.8. The summed E-state index contributed by atoms with van der Waals surface area (Å²) in [5, 5.41) is 2.99. The predicted octanol–water partition coefficient (Wildman–Crippen LogP) is 2.83. The SMILES string of the molecule is CC(C)C(C)(CN)NC(=O)CCCS(=O)c1ccc(Br)cc1. The van der Waals surface area contributed by atoms with Gasteiger partial charge in [-0.1, -0.05) is 29.8 Å². The van der Waals surface area contributed by atoms with Crippen molar-refractivity contribution in [2.45, 2.75) is 44.0 Å². The van der Waals surface area contributed by atoms with Crippen LogP contribution in [-0.2, 0) is 15.6 Å². The van der Waals surface area contributed by atoms with Crippen molar-refractivity contribution >= 4 is 32.6 Å². The maximum absolute atomic E-state index is 12.1. The molecule has 1 aromatic carbocycles. The van der Waals surface area contributed by atoms with Crippen molar-refractivity contribution in [2.24, 2.45) is 11.7 Å². The van der Waals surface area contributed by atoms with Crippen LogP contribution in [0.5, 0.6) is 0 Å². The van der Waals surface area contributed by atoms with Gasteiger partial charge in [-0.25, -0.2) is 0 Å². The van der Waals surface area contributed by atoms with E-state index in [0.717, 1.165) is 9.37 Å². The Kier molecular flexibility index (Phi) is 7.72. The molecule has 0 spiro atoms. The molecule has 3 N–H and O–H groups in total. The van der Waals surface area contributed by atoms with Gasteiger partial charge in [-0.05, 0) is 43.5 Å². The number of halogens is 1. The second-order valence-corrected chi connectivity index (χ2v) is 8.42. The van der Waals surface area contributed by atoms with E-state index in [2.05, 4.69) is 21.2 Å². The van der Waals surface area contributed by atoms with Crippen molar-refractivity contribution in [2.75, 3.05) is 12.3 Å². The first-order chi connectivity index (χ1) is 10.3. The van der Waals surface area contributed by atoms with E-state index < -0.39 is 10.8 Å². The molecule has 0 saturated heterocycles. The molecule has 2 unspecified atom stereocenters. The molecule has 0 radical (unpaired) electrons. The van der Waals surface area contributed by atoms with Crippen LogP contribution in [0.4, 0.5) is 0 Å². The summed E-state index contributed by atoms with van der Waals surface area (Å²) in [5.74, 6) is 0.712. The lowest BCUT2D eigenvalue weighted by atomic mass is 9.88. The average Bonchev–Trinajstić information content (AvgIpc) is 2.47. The van der Waals surface area contributed by atoms with Crippen LogP contribution in [0.15, 0.2) is 33.6 Å². The Bertz CT molecular complexity index is 519. The Balaban J connectivity index is 2.42. The molecule has 2 atom stereocenters. The number of hydrogen-bond donors (Lipinski definition) is 2. The molecule has 1 rings (SSSR count). The molecular weight excluding hydrogens is 364 g/mol. The van der Waals surface area contributed by atoms with Gasteiger partial charge in [0, 0.05) is 28.1 Å². The van der Waals surface area contributed by atoms with Crippen molar-refractivity contribution in [1.82, 2.24) is 5.32 Å². The van der Waals surface area contributed by atoms with Crippen molar-refractivity contribution in [1.29, 1.82) is 0 Å². The van der Waals surface area contributed by atoms with Crippen LogP contribution in [-0.4, -0.2) is 28.0 Å². The third-order valence-corrected chi connectivity index (χ3v) is 5.92. The minimum absolute atomic E-state index is 0.0329. The molecule has 0 saturated carbocycles. The molecule has 4 nitrogen and oxygen atoms in total. The first-order valence-electron chi connectivity index (χ1n) is 7.43. The van der Waals surface area contributed by atoms with E-state index in [-0.39, 0.29) is 17.4 Å². The molecule has 0 fully saturated rings. The minimum Gasteiger partial charge on any atom is -0.349 e. The van der Waals surface area contributed by atoms with Crippen molar-refractivity contribution in [3.63, 3.8) is 0 Å². The number of nitrogens with one attached hydrogen (secondary N) is 1. The number of carbonyl (C=O) groups excluding carboxylic acids is 1. The summed E-state index contributed by atoms with van der Waals surface area (Å²) < 4.78 is 13.1. The Morgan fingerprint density at radius 3 is 2.45 bits per heavy atom. The van der Waals surface area contributed by atoms with Gasteiger partial charge in [0.25, 0.3) is 0 Å². The summed E-state index contributed by atoms with van der Waals surface area (Å²) >= 11 is 3.35. The zero-order valence-corrected chi connectivity index (χ0v) is 15.8. The molecule has 22 heavy (non-hydrogen) atoms. The minimum atomic E-state index is -1.07. The van der Waals surface area contributed by atoms with E-state index in [1.807, 2.05) is 45.0 Å². The fourth-order valence-corrected chi connectivity index (χ4v) is 3.23. The highest BCUT2D eigenvalue weighted by molar-refractivity contribution is 9.10. The molecule has 0 aromatic heterocycles. The molecule has 0 aliphatic rings. The van der Waals surface area contributed by atoms with E-state index in [1.54, 1.807) is 0 Å². The van der Waals surface area contributed by atoms with Gasteiger partial charge in [0.1, 0.15) is 0 Å². The van der Waals surface area contributed by atoms with Crippen molar-refractivity contribution < 1.29 is 9.00 Å². The summed E-state index contributed by atoms with van der Waals surface area (Å²) in [6.45, 7) is 6.43. The van der Waals surface area contributed by atoms with Crippen LogP contribution in [0.3, 0.4) is 0 Å². The Morgan fingerprint density at radius 2 is 1.95 bits per heavy atom.